The molecule has 1 aliphatic heterocycles. The Morgan fingerprint density at radius 2 is 1.70 bits per heavy atom. The number of rotatable bonds is 9. The van der Waals surface area contributed by atoms with Crippen molar-refractivity contribution in [3.8, 4) is 0 Å². The lowest BCUT2D eigenvalue weighted by Crippen LogP contribution is -2.61. The second-order valence-electron chi connectivity index (χ2n) is 16.5. The summed E-state index contributed by atoms with van der Waals surface area (Å²) in [6.45, 7) is 15.1. The van der Waals surface area contributed by atoms with Gasteiger partial charge in [-0.1, -0.05) is 46.3 Å². The number of fused-ring (bicyclic) bond motifs is 5. The molecule has 10 nitrogen and oxygen atoms in total. The first-order chi connectivity index (χ1) is 22.0. The van der Waals surface area contributed by atoms with E-state index in [1.165, 1.54) is 19.4 Å². The van der Waals surface area contributed by atoms with Gasteiger partial charge in [0.25, 0.3) is 0 Å². The Morgan fingerprint density at radius 3 is 2.34 bits per heavy atom. The van der Waals surface area contributed by atoms with Crippen LogP contribution in [0.3, 0.4) is 0 Å². The highest BCUT2D eigenvalue weighted by molar-refractivity contribution is 5.67. The highest BCUT2D eigenvalue weighted by Crippen LogP contribution is 2.68. The van der Waals surface area contributed by atoms with Crippen LogP contribution in [-0.2, 0) is 28.5 Å². The molecule has 0 aromatic heterocycles. The summed E-state index contributed by atoms with van der Waals surface area (Å²) in [5.74, 6) is -0.706. The molecule has 4 fully saturated rings. The molecule has 0 spiro atoms. The lowest BCUT2D eigenvalue weighted by Gasteiger charge is -2.60. The van der Waals surface area contributed by atoms with E-state index in [1.807, 2.05) is 0 Å². The first-order valence-electron chi connectivity index (χ1n) is 18.0. The number of carbonyl (C=O) groups excluding carboxylic acids is 2. The third-order valence-electron chi connectivity index (χ3n) is 13.0. The average molecular weight is 665 g/mol. The van der Waals surface area contributed by atoms with Crippen LogP contribution in [0, 0.1) is 46.3 Å². The van der Waals surface area contributed by atoms with Crippen LogP contribution < -0.4 is 0 Å². The van der Waals surface area contributed by atoms with Gasteiger partial charge in [0.05, 0.1) is 30.5 Å². The zero-order valence-electron chi connectivity index (χ0n) is 29.6. The molecule has 4 N–H and O–H groups in total. The highest BCUT2D eigenvalue weighted by atomic mass is 16.7. The van der Waals surface area contributed by atoms with E-state index in [1.54, 1.807) is 6.92 Å². The molecule has 10 heteroatoms. The van der Waals surface area contributed by atoms with Crippen LogP contribution in [0.5, 0.6) is 0 Å². The van der Waals surface area contributed by atoms with E-state index in [0.717, 1.165) is 25.7 Å². The van der Waals surface area contributed by atoms with Gasteiger partial charge in [0.2, 0.25) is 0 Å². The molecular formula is C37H60O10. The molecule has 0 bridgehead atoms. The molecule has 5 rings (SSSR count). The van der Waals surface area contributed by atoms with E-state index >= 15 is 0 Å². The van der Waals surface area contributed by atoms with E-state index in [-0.39, 0.29) is 46.5 Å². The van der Waals surface area contributed by atoms with Gasteiger partial charge in [0.1, 0.15) is 6.10 Å². The molecule has 3 saturated carbocycles. The monoisotopic (exact) mass is 664 g/mol. The van der Waals surface area contributed by atoms with E-state index in [9.17, 15) is 30.0 Å². The number of hydrogen-bond donors (Lipinski definition) is 4. The SMILES string of the molecule is CC(=O)O[C@@H]1[C@@H](O)[C@H](C)O[C@@H](O[C@H]2C[C@H]3[C@@H]4CC=C5C[C@@H](O)CC[C@]5(C)[C@H]4[C@H](O)C[C@]3(C)[C@H]2[C@H](C)[C@H](O)CCC(C)C)[C@@H]1OC(C)=O. The summed E-state index contributed by atoms with van der Waals surface area (Å²) in [5, 5.41) is 45.1. The maximum absolute atomic E-state index is 12.3. The van der Waals surface area contributed by atoms with Gasteiger partial charge in [0, 0.05) is 13.8 Å². The van der Waals surface area contributed by atoms with Crippen molar-refractivity contribution in [2.24, 2.45) is 46.3 Å². The minimum absolute atomic E-state index is 0.0527. The largest absolute Gasteiger partial charge is 0.455 e. The van der Waals surface area contributed by atoms with Crippen molar-refractivity contribution in [3.63, 3.8) is 0 Å². The summed E-state index contributed by atoms with van der Waals surface area (Å²) in [4.78, 5) is 24.3. The summed E-state index contributed by atoms with van der Waals surface area (Å²) in [5.41, 5.74) is 0.713. The fraction of sp³-hybridized carbons (Fsp3) is 0.892. The zero-order chi connectivity index (χ0) is 34.6. The number of hydrogen-bond acceptors (Lipinski definition) is 10. The average Bonchev–Trinajstić information content (AvgIpc) is 3.26. The van der Waals surface area contributed by atoms with Gasteiger partial charge in [-0.25, -0.2) is 0 Å². The summed E-state index contributed by atoms with van der Waals surface area (Å²) < 4.78 is 24.2. The van der Waals surface area contributed by atoms with E-state index in [2.05, 4.69) is 40.7 Å². The lowest BCUT2D eigenvalue weighted by atomic mass is 9.46. The Kier molecular flexibility index (Phi) is 10.9. The second kappa shape index (κ2) is 14.0. The summed E-state index contributed by atoms with van der Waals surface area (Å²) in [6, 6.07) is 0. The minimum Gasteiger partial charge on any atom is -0.455 e. The van der Waals surface area contributed by atoms with Crippen LogP contribution >= 0.6 is 0 Å². The number of aliphatic hydroxyl groups excluding tert-OH is 4. The van der Waals surface area contributed by atoms with Gasteiger partial charge in [-0.2, -0.15) is 0 Å². The van der Waals surface area contributed by atoms with Crippen LogP contribution in [-0.4, -0.2) is 87.5 Å². The van der Waals surface area contributed by atoms with Gasteiger partial charge in [0.15, 0.2) is 18.5 Å². The Morgan fingerprint density at radius 1 is 1.04 bits per heavy atom. The molecule has 0 unspecified atom stereocenters. The molecule has 5 aliphatic rings. The smallest absolute Gasteiger partial charge is 0.303 e. The molecule has 268 valence electrons. The van der Waals surface area contributed by atoms with Crippen LogP contribution in [0.2, 0.25) is 0 Å². The fourth-order valence-corrected chi connectivity index (χ4v) is 10.8. The molecule has 4 aliphatic carbocycles. The molecule has 0 aromatic rings. The standard InChI is InChI=1S/C37H60O10/c1-18(2)9-12-27(41)19(3)30-29(47-35-34(46-22(6)39)33(45-21(5)38)32(43)20(4)44-35)16-26-25-11-10-23-15-24(40)13-14-36(23,7)31(25)28(42)17-37(26,30)8/h10,18-20,24-35,40-43H,9,11-17H2,1-8H3/t19-,20+,24+,25+,26+,27-,28-,29+,30+,31-,32+,33-,34-,35+,36+,37+/m1/s1. The van der Waals surface area contributed by atoms with Crippen molar-refractivity contribution in [1.82, 2.24) is 0 Å². The third-order valence-corrected chi connectivity index (χ3v) is 13.0. The van der Waals surface area contributed by atoms with Crippen LogP contribution in [0.25, 0.3) is 0 Å². The van der Waals surface area contributed by atoms with Crippen molar-refractivity contribution in [2.45, 2.75) is 162 Å². The van der Waals surface area contributed by atoms with Gasteiger partial charge >= 0.3 is 11.9 Å². The number of allylic oxidation sites excluding steroid dienone is 1. The normalized spacial score (nSPS) is 46.0. The molecule has 47 heavy (non-hydrogen) atoms. The van der Waals surface area contributed by atoms with Gasteiger partial charge in [-0.15, -0.1) is 0 Å². The Bertz CT molecular complexity index is 1170. The van der Waals surface area contributed by atoms with Gasteiger partial charge in [-0.3, -0.25) is 9.59 Å². The maximum Gasteiger partial charge on any atom is 0.303 e. The fourth-order valence-electron chi connectivity index (χ4n) is 10.8. The lowest BCUT2D eigenvalue weighted by molar-refractivity contribution is -0.313. The summed E-state index contributed by atoms with van der Waals surface area (Å²) in [6.07, 6.45) is 0.767. The van der Waals surface area contributed by atoms with Crippen molar-refractivity contribution < 1.29 is 49.0 Å². The van der Waals surface area contributed by atoms with Crippen LogP contribution in [0.4, 0.5) is 0 Å². The van der Waals surface area contributed by atoms with E-state index < -0.39 is 61.0 Å². The predicted octanol–water partition coefficient (Wildman–Crippen LogP) is 4.29. The quantitative estimate of drug-likeness (QED) is 0.208. The Labute approximate surface area is 280 Å². The Balaban J connectivity index is 1.51. The molecule has 1 heterocycles. The van der Waals surface area contributed by atoms with Crippen molar-refractivity contribution in [2.75, 3.05) is 0 Å². The van der Waals surface area contributed by atoms with Crippen molar-refractivity contribution in [1.29, 1.82) is 0 Å². The molecule has 0 amide bonds. The topological polar surface area (TPSA) is 152 Å². The number of ether oxygens (including phenoxy) is 4. The third kappa shape index (κ3) is 6.93. The molecule has 16 atom stereocenters. The first-order valence-corrected chi connectivity index (χ1v) is 18.0. The van der Waals surface area contributed by atoms with Crippen molar-refractivity contribution in [3.05, 3.63) is 11.6 Å². The predicted molar refractivity (Wildman–Crippen MR) is 174 cm³/mol. The van der Waals surface area contributed by atoms with E-state index in [4.69, 9.17) is 18.9 Å². The summed E-state index contributed by atoms with van der Waals surface area (Å²) in [7, 11) is 0. The van der Waals surface area contributed by atoms with Gasteiger partial charge < -0.3 is 39.4 Å². The molecular weight excluding hydrogens is 604 g/mol. The molecule has 0 radical (unpaired) electrons. The zero-order valence-corrected chi connectivity index (χ0v) is 29.6. The maximum atomic E-state index is 12.3. The molecule has 1 saturated heterocycles. The minimum atomic E-state index is -1.23. The number of carbonyl (C=O) groups is 2. The number of aliphatic hydroxyl groups is 4. The summed E-state index contributed by atoms with van der Waals surface area (Å²) >= 11 is 0. The highest BCUT2D eigenvalue weighted by Gasteiger charge is 2.66. The van der Waals surface area contributed by atoms with Crippen LogP contribution in [0.15, 0.2) is 11.6 Å². The van der Waals surface area contributed by atoms with Crippen molar-refractivity contribution >= 4 is 11.9 Å². The van der Waals surface area contributed by atoms with E-state index in [0.29, 0.717) is 31.6 Å². The van der Waals surface area contributed by atoms with Crippen LogP contribution in [0.1, 0.15) is 107 Å². The first kappa shape index (κ1) is 36.7. The van der Waals surface area contributed by atoms with Gasteiger partial charge in [-0.05, 0) is 105 Å². The second-order valence-corrected chi connectivity index (χ2v) is 16.5. The Hall–Kier alpha value is -1.56. The number of esters is 2. The molecule has 0 aromatic carbocycles.